The van der Waals surface area contributed by atoms with Crippen molar-refractivity contribution < 1.29 is 17.9 Å². The third-order valence-electron chi connectivity index (χ3n) is 5.87. The van der Waals surface area contributed by atoms with Gasteiger partial charge in [-0.2, -0.15) is 4.72 Å². The number of para-hydroxylation sites is 1. The lowest BCUT2D eigenvalue weighted by Crippen LogP contribution is -2.50. The minimum Gasteiger partial charge on any atom is -0.497 e. The third kappa shape index (κ3) is 4.52. The average molecular weight is 456 g/mol. The molecule has 1 aliphatic heterocycles. The molecule has 3 aromatic rings. The number of amides is 1. The third-order valence-corrected chi connectivity index (χ3v) is 7.35. The Morgan fingerprint density at radius 3 is 2.56 bits per heavy atom. The summed E-state index contributed by atoms with van der Waals surface area (Å²) in [5.41, 5.74) is 3.32. The zero-order valence-corrected chi connectivity index (χ0v) is 19.4. The molecule has 0 saturated heterocycles. The Morgan fingerprint density at radius 2 is 1.88 bits per heavy atom. The molecule has 170 valence electrons. The number of nitrogens with zero attached hydrogens (tertiary/aromatic N) is 1. The van der Waals surface area contributed by atoms with E-state index in [1.165, 1.54) is 19.2 Å². The van der Waals surface area contributed by atoms with Crippen molar-refractivity contribution in [1.82, 2.24) is 14.6 Å². The molecule has 4 rings (SSSR count). The Hall–Kier alpha value is -2.84. The molecule has 32 heavy (non-hydrogen) atoms. The molecule has 1 atom stereocenters. The molecule has 2 N–H and O–H groups in total. The van der Waals surface area contributed by atoms with Crippen molar-refractivity contribution in [3.63, 3.8) is 0 Å². The molecule has 8 heteroatoms. The zero-order valence-electron chi connectivity index (χ0n) is 18.6. The number of rotatable bonds is 7. The first-order valence-electron chi connectivity index (χ1n) is 10.8. The minimum atomic E-state index is -3.86. The summed E-state index contributed by atoms with van der Waals surface area (Å²) in [4.78, 5) is 18.8. The smallest absolute Gasteiger partial charge is 0.241 e. The van der Waals surface area contributed by atoms with Gasteiger partial charge < -0.3 is 14.6 Å². The highest BCUT2D eigenvalue weighted by atomic mass is 32.2. The van der Waals surface area contributed by atoms with Crippen LogP contribution >= 0.6 is 0 Å². The number of methoxy groups -OCH3 is 1. The van der Waals surface area contributed by atoms with E-state index < -0.39 is 16.1 Å². The Labute approximate surface area is 188 Å². The first-order valence-corrected chi connectivity index (χ1v) is 12.3. The number of nitrogens with one attached hydrogen (secondary N) is 2. The maximum atomic E-state index is 13.5. The van der Waals surface area contributed by atoms with Gasteiger partial charge >= 0.3 is 0 Å². The second-order valence-electron chi connectivity index (χ2n) is 8.62. The molecule has 0 bridgehead atoms. The molecule has 2 aromatic carbocycles. The number of benzene rings is 2. The zero-order chi connectivity index (χ0) is 22.9. The van der Waals surface area contributed by atoms with Crippen molar-refractivity contribution in [3.8, 4) is 5.75 Å². The van der Waals surface area contributed by atoms with Crippen LogP contribution in [0, 0.1) is 5.92 Å². The fraction of sp³-hybridized carbons (Fsp3) is 0.375. The standard InChI is InChI=1S/C24H29N3O4S/c1-16(2)14-23(26-32(29,30)18-10-8-17(31-3)9-11-18)24(28)27-13-12-22-20(15-27)19-6-4-5-7-21(19)25-22/h4-11,16,23,25-26H,12-15H2,1-3H3. The number of sulfonamides is 1. The van der Waals surface area contributed by atoms with Crippen LogP contribution < -0.4 is 9.46 Å². The van der Waals surface area contributed by atoms with Crippen LogP contribution in [-0.2, 0) is 27.8 Å². The minimum absolute atomic E-state index is 0.109. The normalized spacial score (nSPS) is 15.1. The number of ether oxygens (including phenoxy) is 1. The summed E-state index contributed by atoms with van der Waals surface area (Å²) in [7, 11) is -2.33. The first kappa shape index (κ1) is 22.4. The lowest BCUT2D eigenvalue weighted by Gasteiger charge is -2.31. The maximum Gasteiger partial charge on any atom is 0.241 e. The van der Waals surface area contributed by atoms with Gasteiger partial charge in [0.25, 0.3) is 0 Å². The van der Waals surface area contributed by atoms with Crippen molar-refractivity contribution in [2.45, 2.75) is 44.2 Å². The summed E-state index contributed by atoms with van der Waals surface area (Å²) in [5, 5.41) is 1.11. The van der Waals surface area contributed by atoms with Crippen LogP contribution in [0.25, 0.3) is 10.9 Å². The molecule has 1 amide bonds. The van der Waals surface area contributed by atoms with Crippen LogP contribution in [-0.4, -0.2) is 43.9 Å². The van der Waals surface area contributed by atoms with Gasteiger partial charge in [-0.25, -0.2) is 8.42 Å². The van der Waals surface area contributed by atoms with E-state index >= 15 is 0 Å². The lowest BCUT2D eigenvalue weighted by atomic mass is 10.0. The molecule has 0 saturated carbocycles. The average Bonchev–Trinajstić information content (AvgIpc) is 3.15. The lowest BCUT2D eigenvalue weighted by molar-refractivity contribution is -0.134. The van der Waals surface area contributed by atoms with E-state index in [2.05, 4.69) is 15.8 Å². The molecule has 2 heterocycles. The molecule has 1 aromatic heterocycles. The molecular formula is C24H29N3O4S. The van der Waals surface area contributed by atoms with Crippen molar-refractivity contribution >= 4 is 26.8 Å². The SMILES string of the molecule is COc1ccc(S(=O)(=O)NC(CC(C)C)C(=O)N2CCc3[nH]c4ccccc4c3C2)cc1. The van der Waals surface area contributed by atoms with Gasteiger partial charge in [0, 0.05) is 41.7 Å². The number of fused-ring (bicyclic) bond motifs is 3. The van der Waals surface area contributed by atoms with E-state index in [9.17, 15) is 13.2 Å². The summed E-state index contributed by atoms with van der Waals surface area (Å²) < 4.78 is 33.8. The number of hydrogen-bond donors (Lipinski definition) is 2. The highest BCUT2D eigenvalue weighted by Crippen LogP contribution is 2.28. The largest absolute Gasteiger partial charge is 0.497 e. The monoisotopic (exact) mass is 455 g/mol. The summed E-state index contributed by atoms with van der Waals surface area (Å²) in [6.45, 7) is 4.99. The molecule has 7 nitrogen and oxygen atoms in total. The number of carbonyl (C=O) groups excluding carboxylic acids is 1. The van der Waals surface area contributed by atoms with E-state index in [0.29, 0.717) is 25.3 Å². The Balaban J connectivity index is 1.57. The van der Waals surface area contributed by atoms with Crippen LogP contribution in [0.5, 0.6) is 5.75 Å². The highest BCUT2D eigenvalue weighted by molar-refractivity contribution is 7.89. The fourth-order valence-electron chi connectivity index (χ4n) is 4.26. The number of hydrogen-bond acceptors (Lipinski definition) is 4. The van der Waals surface area contributed by atoms with Crippen molar-refractivity contribution in [2.24, 2.45) is 5.92 Å². The van der Waals surface area contributed by atoms with Crippen molar-refractivity contribution in [1.29, 1.82) is 0 Å². The quantitative estimate of drug-likeness (QED) is 0.571. The predicted molar refractivity (Wildman–Crippen MR) is 124 cm³/mol. The first-order chi connectivity index (χ1) is 15.3. The van der Waals surface area contributed by atoms with Crippen LogP contribution in [0.15, 0.2) is 53.4 Å². The van der Waals surface area contributed by atoms with E-state index in [4.69, 9.17) is 4.74 Å². The number of aromatic amines is 1. The van der Waals surface area contributed by atoms with Gasteiger partial charge in [0.15, 0.2) is 0 Å². The Kier molecular flexibility index (Phi) is 6.26. The molecular weight excluding hydrogens is 426 g/mol. The van der Waals surface area contributed by atoms with E-state index in [0.717, 1.165) is 28.6 Å². The number of carbonyl (C=O) groups is 1. The van der Waals surface area contributed by atoms with Gasteiger partial charge in [0.2, 0.25) is 15.9 Å². The second-order valence-corrected chi connectivity index (χ2v) is 10.3. The van der Waals surface area contributed by atoms with Crippen molar-refractivity contribution in [3.05, 3.63) is 59.8 Å². The molecule has 0 radical (unpaired) electrons. The van der Waals surface area contributed by atoms with E-state index in [1.54, 1.807) is 17.0 Å². The van der Waals surface area contributed by atoms with Gasteiger partial charge in [0.05, 0.1) is 12.0 Å². The summed E-state index contributed by atoms with van der Waals surface area (Å²) >= 11 is 0. The topological polar surface area (TPSA) is 91.5 Å². The van der Waals surface area contributed by atoms with Crippen LogP contribution in [0.3, 0.4) is 0 Å². The van der Waals surface area contributed by atoms with Crippen LogP contribution in [0.4, 0.5) is 0 Å². The van der Waals surface area contributed by atoms with Crippen molar-refractivity contribution in [2.75, 3.05) is 13.7 Å². The van der Waals surface area contributed by atoms with Gasteiger partial charge in [-0.1, -0.05) is 32.0 Å². The van der Waals surface area contributed by atoms with E-state index in [1.807, 2.05) is 32.0 Å². The Bertz CT molecular complexity index is 1220. The number of aromatic nitrogens is 1. The van der Waals surface area contributed by atoms with Gasteiger partial charge in [-0.3, -0.25) is 4.79 Å². The van der Waals surface area contributed by atoms with Crippen LogP contribution in [0.1, 0.15) is 31.5 Å². The second kappa shape index (κ2) is 8.96. The summed E-state index contributed by atoms with van der Waals surface area (Å²) in [6.07, 6.45) is 1.14. The molecule has 0 aliphatic carbocycles. The molecule has 1 aliphatic rings. The maximum absolute atomic E-state index is 13.5. The van der Waals surface area contributed by atoms with Gasteiger partial charge in [-0.15, -0.1) is 0 Å². The summed E-state index contributed by atoms with van der Waals surface area (Å²) in [5.74, 6) is 0.532. The van der Waals surface area contributed by atoms with E-state index in [-0.39, 0.29) is 16.7 Å². The molecule has 0 fully saturated rings. The van der Waals surface area contributed by atoms with Gasteiger partial charge in [0.1, 0.15) is 11.8 Å². The molecule has 0 spiro atoms. The summed E-state index contributed by atoms with van der Waals surface area (Å²) in [6, 6.07) is 13.4. The van der Waals surface area contributed by atoms with Crippen LogP contribution in [0.2, 0.25) is 0 Å². The fourth-order valence-corrected chi connectivity index (χ4v) is 5.46. The Morgan fingerprint density at radius 1 is 1.16 bits per heavy atom. The molecule has 1 unspecified atom stereocenters. The highest BCUT2D eigenvalue weighted by Gasteiger charge is 2.32. The van der Waals surface area contributed by atoms with Gasteiger partial charge in [-0.05, 0) is 42.7 Å². The number of H-pyrrole nitrogens is 1. The predicted octanol–water partition coefficient (Wildman–Crippen LogP) is 3.45.